The maximum Gasteiger partial charge on any atom is 0.341 e. The maximum absolute atomic E-state index is 11.0. The van der Waals surface area contributed by atoms with Crippen molar-refractivity contribution in [2.45, 2.75) is 19.9 Å². The van der Waals surface area contributed by atoms with Crippen LogP contribution in [0.1, 0.15) is 18.2 Å². The second kappa shape index (κ2) is 7.16. The minimum absolute atomic E-state index is 0.348. The van der Waals surface area contributed by atoms with Crippen LogP contribution in [0.4, 0.5) is 0 Å². The molecule has 27 heavy (non-hydrogen) atoms. The van der Waals surface area contributed by atoms with Gasteiger partial charge in [-0.1, -0.05) is 61.5 Å². The van der Waals surface area contributed by atoms with Crippen molar-refractivity contribution in [1.82, 2.24) is 4.57 Å². The normalized spacial score (nSPS) is 11.1. The van der Waals surface area contributed by atoms with Gasteiger partial charge in [0.1, 0.15) is 5.75 Å². The summed E-state index contributed by atoms with van der Waals surface area (Å²) >= 11 is 0. The number of fused-ring (bicyclic) bond motifs is 3. The van der Waals surface area contributed by atoms with E-state index < -0.39 is 5.97 Å². The number of aromatic nitrogens is 1. The molecule has 1 N–H and O–H groups in total. The number of carboxylic acids is 1. The smallest absolute Gasteiger partial charge is 0.341 e. The summed E-state index contributed by atoms with van der Waals surface area (Å²) in [4.78, 5) is 11.0. The third-order valence-electron chi connectivity index (χ3n) is 4.85. The molecule has 0 fully saturated rings. The van der Waals surface area contributed by atoms with Crippen molar-refractivity contribution >= 4 is 27.6 Å². The Morgan fingerprint density at radius 1 is 1.00 bits per heavy atom. The molecule has 4 heteroatoms. The van der Waals surface area contributed by atoms with Crippen molar-refractivity contribution in [2.75, 3.05) is 6.61 Å². The first kappa shape index (κ1) is 17.2. The van der Waals surface area contributed by atoms with Crippen LogP contribution in [0.3, 0.4) is 0 Å². The van der Waals surface area contributed by atoms with Gasteiger partial charge < -0.3 is 14.4 Å². The molecule has 4 rings (SSSR count). The molecule has 4 aromatic rings. The van der Waals surface area contributed by atoms with E-state index in [1.165, 1.54) is 11.3 Å². The zero-order chi connectivity index (χ0) is 18.8. The average molecular weight is 359 g/mol. The van der Waals surface area contributed by atoms with Gasteiger partial charge in [0.05, 0.1) is 5.52 Å². The van der Waals surface area contributed by atoms with Crippen molar-refractivity contribution in [3.8, 4) is 5.75 Å². The van der Waals surface area contributed by atoms with E-state index in [4.69, 9.17) is 9.84 Å². The lowest BCUT2D eigenvalue weighted by Gasteiger charge is -2.13. The number of carbonyl (C=O) groups is 1. The number of nitrogens with zero attached hydrogens (tertiary/aromatic N) is 1. The van der Waals surface area contributed by atoms with Gasteiger partial charge in [-0.25, -0.2) is 4.79 Å². The van der Waals surface area contributed by atoms with Crippen molar-refractivity contribution in [2.24, 2.45) is 0 Å². The summed E-state index contributed by atoms with van der Waals surface area (Å²) in [5.74, 6) is -0.358. The standard InChI is InChI=1S/C23H21NO3/c1-2-18-13-20-21(27-15-22(25)26)12-17-10-6-7-11-19(17)23(20)24(18)14-16-8-4-3-5-9-16/h3-13H,2,14-15H2,1H3,(H,25,26). The molecule has 0 unspecified atom stereocenters. The van der Waals surface area contributed by atoms with Gasteiger partial charge in [-0.3, -0.25) is 0 Å². The van der Waals surface area contributed by atoms with E-state index in [0.29, 0.717) is 5.75 Å². The first-order valence-electron chi connectivity index (χ1n) is 9.09. The monoisotopic (exact) mass is 359 g/mol. The van der Waals surface area contributed by atoms with Gasteiger partial charge in [-0.15, -0.1) is 0 Å². The Balaban J connectivity index is 1.97. The number of hydrogen-bond donors (Lipinski definition) is 1. The lowest BCUT2D eigenvalue weighted by molar-refractivity contribution is -0.139. The van der Waals surface area contributed by atoms with E-state index >= 15 is 0 Å². The highest BCUT2D eigenvalue weighted by Gasteiger charge is 2.16. The molecule has 0 aliphatic heterocycles. The fourth-order valence-electron chi connectivity index (χ4n) is 3.64. The third kappa shape index (κ3) is 3.26. The maximum atomic E-state index is 11.0. The minimum atomic E-state index is -0.976. The summed E-state index contributed by atoms with van der Waals surface area (Å²) in [7, 11) is 0. The molecule has 0 saturated heterocycles. The number of hydrogen-bond acceptors (Lipinski definition) is 2. The fraction of sp³-hybridized carbons (Fsp3) is 0.174. The van der Waals surface area contributed by atoms with E-state index in [1.54, 1.807) is 0 Å². The summed E-state index contributed by atoms with van der Waals surface area (Å²) in [5, 5.41) is 12.2. The quantitative estimate of drug-likeness (QED) is 0.534. The highest BCUT2D eigenvalue weighted by atomic mass is 16.5. The highest BCUT2D eigenvalue weighted by Crippen LogP contribution is 2.36. The molecule has 0 amide bonds. The van der Waals surface area contributed by atoms with Gasteiger partial charge in [0.15, 0.2) is 6.61 Å². The van der Waals surface area contributed by atoms with Gasteiger partial charge >= 0.3 is 5.97 Å². The molecule has 136 valence electrons. The fourth-order valence-corrected chi connectivity index (χ4v) is 3.64. The minimum Gasteiger partial charge on any atom is -0.481 e. The largest absolute Gasteiger partial charge is 0.481 e. The molecule has 3 aromatic carbocycles. The predicted molar refractivity (Wildman–Crippen MR) is 107 cm³/mol. The van der Waals surface area contributed by atoms with E-state index in [9.17, 15) is 4.79 Å². The van der Waals surface area contributed by atoms with Crippen LogP contribution in [-0.2, 0) is 17.8 Å². The van der Waals surface area contributed by atoms with E-state index in [0.717, 1.165) is 34.6 Å². The third-order valence-corrected chi connectivity index (χ3v) is 4.85. The van der Waals surface area contributed by atoms with E-state index in [1.807, 2.05) is 42.5 Å². The van der Waals surface area contributed by atoms with E-state index in [-0.39, 0.29) is 6.61 Å². The van der Waals surface area contributed by atoms with Gasteiger partial charge in [0.25, 0.3) is 0 Å². The highest BCUT2D eigenvalue weighted by molar-refractivity contribution is 6.09. The molecule has 0 aliphatic rings. The number of ether oxygens (including phenoxy) is 1. The predicted octanol–water partition coefficient (Wildman–Crippen LogP) is 4.87. The van der Waals surface area contributed by atoms with Crippen LogP contribution >= 0.6 is 0 Å². The summed E-state index contributed by atoms with van der Waals surface area (Å²) < 4.78 is 7.96. The first-order chi connectivity index (χ1) is 13.2. The Kier molecular flexibility index (Phi) is 4.55. The van der Waals surface area contributed by atoms with Crippen LogP contribution in [0.2, 0.25) is 0 Å². The number of aliphatic carboxylic acids is 1. The summed E-state index contributed by atoms with van der Waals surface area (Å²) in [6.07, 6.45) is 0.883. The number of benzene rings is 3. The van der Waals surface area contributed by atoms with Crippen molar-refractivity contribution < 1.29 is 14.6 Å². The van der Waals surface area contributed by atoms with Crippen LogP contribution in [0.5, 0.6) is 5.75 Å². The summed E-state index contributed by atoms with van der Waals surface area (Å²) in [6, 6.07) is 22.6. The van der Waals surface area contributed by atoms with E-state index in [2.05, 4.69) is 35.8 Å². The number of carboxylic acid groups (broad SMARTS) is 1. The molecule has 0 aliphatic carbocycles. The van der Waals surface area contributed by atoms with Gasteiger partial charge in [-0.05, 0) is 29.5 Å². The summed E-state index contributed by atoms with van der Waals surface area (Å²) in [6.45, 7) is 2.55. The molecule has 1 aromatic heterocycles. The lowest BCUT2D eigenvalue weighted by atomic mass is 10.1. The Hall–Kier alpha value is -3.27. The summed E-state index contributed by atoms with van der Waals surface area (Å²) in [5.41, 5.74) is 3.52. The average Bonchev–Trinajstić information content (AvgIpc) is 3.05. The molecule has 0 radical (unpaired) electrons. The zero-order valence-corrected chi connectivity index (χ0v) is 15.2. The number of rotatable bonds is 6. The van der Waals surface area contributed by atoms with Crippen molar-refractivity contribution in [3.63, 3.8) is 0 Å². The van der Waals surface area contributed by atoms with Crippen molar-refractivity contribution in [3.05, 3.63) is 78.0 Å². The Labute approximate surface area is 157 Å². The lowest BCUT2D eigenvalue weighted by Crippen LogP contribution is -2.09. The Morgan fingerprint density at radius 2 is 1.74 bits per heavy atom. The van der Waals surface area contributed by atoms with Crippen LogP contribution in [-0.4, -0.2) is 22.2 Å². The zero-order valence-electron chi connectivity index (χ0n) is 15.2. The Morgan fingerprint density at radius 3 is 2.48 bits per heavy atom. The second-order valence-electron chi connectivity index (χ2n) is 6.60. The van der Waals surface area contributed by atoms with Gasteiger partial charge in [0, 0.05) is 23.0 Å². The van der Waals surface area contributed by atoms with Crippen LogP contribution in [0, 0.1) is 0 Å². The topological polar surface area (TPSA) is 51.5 Å². The molecule has 0 spiro atoms. The molecule has 0 atom stereocenters. The molecule has 0 saturated carbocycles. The molecule has 1 heterocycles. The van der Waals surface area contributed by atoms with Crippen LogP contribution in [0.15, 0.2) is 66.7 Å². The first-order valence-corrected chi connectivity index (χ1v) is 9.09. The molecular formula is C23H21NO3. The molecular weight excluding hydrogens is 338 g/mol. The van der Waals surface area contributed by atoms with Gasteiger partial charge in [0.2, 0.25) is 0 Å². The van der Waals surface area contributed by atoms with Crippen LogP contribution in [0.25, 0.3) is 21.7 Å². The van der Waals surface area contributed by atoms with Gasteiger partial charge in [-0.2, -0.15) is 0 Å². The number of aryl methyl sites for hydroxylation is 1. The SMILES string of the molecule is CCc1cc2c(OCC(=O)O)cc3ccccc3c2n1Cc1ccccc1. The molecule has 0 bridgehead atoms. The Bertz CT molecular complexity index is 1110. The van der Waals surface area contributed by atoms with Crippen molar-refractivity contribution in [1.29, 1.82) is 0 Å². The second-order valence-corrected chi connectivity index (χ2v) is 6.60. The molecule has 4 nitrogen and oxygen atoms in total. The van der Waals surface area contributed by atoms with Crippen LogP contribution < -0.4 is 4.74 Å².